The third kappa shape index (κ3) is 5.71. The first-order chi connectivity index (χ1) is 15.3. The van der Waals surface area contributed by atoms with E-state index in [1.165, 1.54) is 17.0 Å². The molecule has 0 N–H and O–H groups in total. The number of rotatable bonds is 7. The van der Waals surface area contributed by atoms with Gasteiger partial charge in [-0.3, -0.25) is 4.90 Å². The molecule has 2 aliphatic heterocycles. The quantitative estimate of drug-likeness (QED) is 0.589. The minimum Gasteiger partial charge on any atom is -0.363 e. The number of piperazine rings is 1. The predicted octanol–water partition coefficient (Wildman–Crippen LogP) is 4.40. The highest BCUT2D eigenvalue weighted by Crippen LogP contribution is 2.47. The second-order valence-corrected chi connectivity index (χ2v) is 10.2. The van der Waals surface area contributed by atoms with E-state index >= 15 is 0 Å². The summed E-state index contributed by atoms with van der Waals surface area (Å²) in [5.41, 5.74) is 0.172. The lowest BCUT2D eigenvalue weighted by atomic mass is 10.0. The lowest BCUT2D eigenvalue weighted by Crippen LogP contribution is -2.48. The number of anilines is 1. The summed E-state index contributed by atoms with van der Waals surface area (Å²) in [4.78, 5) is 11.6. The number of benzene rings is 1. The molecule has 1 fully saturated rings. The topological polar surface area (TPSA) is 13.0 Å². The number of allylic oxidation sites excluding steroid dienone is 2. The monoisotopic (exact) mass is 466 g/mol. The molecule has 1 aromatic carbocycles. The minimum atomic E-state index is -4.32. The Labute approximate surface area is 193 Å². The number of hydrogen-bond donors (Lipinski definition) is 0. The molecule has 3 aliphatic rings. The van der Waals surface area contributed by atoms with Crippen LogP contribution in [0.5, 0.6) is 0 Å². The molecule has 0 spiro atoms. The van der Waals surface area contributed by atoms with Gasteiger partial charge in [-0.2, -0.15) is 13.2 Å². The third-order valence-electron chi connectivity index (χ3n) is 6.49. The van der Waals surface area contributed by atoms with Gasteiger partial charge in [-0.05, 0) is 51.7 Å². The molecule has 2 heterocycles. The molecule has 32 heavy (non-hydrogen) atoms. The Morgan fingerprint density at radius 1 is 1.03 bits per heavy atom. The standard InChI is InChI=1S/C24H33F3N4S/c1-28(2)12-13-30-16-14-29(15-17-30)10-5-11-31-20-6-3-4-7-22(20)32-23-9-8-19(18-21(23)31)24(25,26)27/h3-4,7-9,18,20H,5-6,10-17H2,1-2H3. The Hall–Kier alpha value is -1.48. The number of likely N-dealkylation sites (N-methyl/N-ethyl adjacent to an activating group) is 1. The Morgan fingerprint density at radius 2 is 1.75 bits per heavy atom. The van der Waals surface area contributed by atoms with E-state index in [4.69, 9.17) is 0 Å². The molecular formula is C24H33F3N4S. The van der Waals surface area contributed by atoms with Gasteiger partial charge in [0.05, 0.1) is 17.3 Å². The summed E-state index contributed by atoms with van der Waals surface area (Å²) in [6.45, 7) is 8.25. The lowest BCUT2D eigenvalue weighted by molar-refractivity contribution is -0.137. The summed E-state index contributed by atoms with van der Waals surface area (Å²) in [6.07, 6.45) is 3.76. The molecule has 0 saturated carbocycles. The molecule has 8 heteroatoms. The molecule has 1 atom stereocenters. The van der Waals surface area contributed by atoms with E-state index in [-0.39, 0.29) is 6.04 Å². The number of nitrogens with zero attached hydrogens (tertiary/aromatic N) is 4. The third-order valence-corrected chi connectivity index (χ3v) is 7.69. The molecule has 1 aliphatic carbocycles. The van der Waals surface area contributed by atoms with Gasteiger partial charge in [-0.1, -0.05) is 30.0 Å². The maximum atomic E-state index is 13.4. The first-order valence-electron chi connectivity index (χ1n) is 11.4. The maximum Gasteiger partial charge on any atom is 0.416 e. The molecule has 0 bridgehead atoms. The van der Waals surface area contributed by atoms with Gasteiger partial charge in [0.25, 0.3) is 0 Å². The second-order valence-electron chi connectivity index (χ2n) is 9.06. The van der Waals surface area contributed by atoms with Gasteiger partial charge >= 0.3 is 6.18 Å². The largest absolute Gasteiger partial charge is 0.416 e. The highest BCUT2D eigenvalue weighted by molar-refractivity contribution is 8.03. The van der Waals surface area contributed by atoms with Gasteiger partial charge in [0.2, 0.25) is 0 Å². The SMILES string of the molecule is CN(C)CCN1CCN(CCCN2c3cc(C(F)(F)F)ccc3SC3=CC=CCC32)CC1. The first-order valence-corrected chi connectivity index (χ1v) is 12.2. The molecule has 4 rings (SSSR count). The summed E-state index contributed by atoms with van der Waals surface area (Å²) < 4.78 is 40.1. The molecule has 1 aromatic rings. The average Bonchev–Trinajstić information content (AvgIpc) is 2.77. The van der Waals surface area contributed by atoms with Crippen molar-refractivity contribution in [3.8, 4) is 0 Å². The molecule has 1 saturated heterocycles. The van der Waals surface area contributed by atoms with Crippen molar-refractivity contribution in [2.75, 3.05) is 71.4 Å². The number of fused-ring (bicyclic) bond motifs is 2. The molecule has 4 nitrogen and oxygen atoms in total. The van der Waals surface area contributed by atoms with Crippen LogP contribution in [-0.2, 0) is 6.18 Å². The second kappa shape index (κ2) is 10.2. The summed E-state index contributed by atoms with van der Waals surface area (Å²) >= 11 is 1.61. The summed E-state index contributed by atoms with van der Waals surface area (Å²) in [5, 5.41) is 0. The van der Waals surface area contributed by atoms with Crippen LogP contribution in [-0.4, -0.2) is 87.2 Å². The molecular weight excluding hydrogens is 433 g/mol. The van der Waals surface area contributed by atoms with Crippen molar-refractivity contribution in [3.05, 3.63) is 46.9 Å². The van der Waals surface area contributed by atoms with E-state index in [0.29, 0.717) is 0 Å². The van der Waals surface area contributed by atoms with Crippen molar-refractivity contribution >= 4 is 17.4 Å². The number of alkyl halides is 3. The van der Waals surface area contributed by atoms with Crippen LogP contribution in [0.15, 0.2) is 46.2 Å². The highest BCUT2D eigenvalue weighted by Gasteiger charge is 2.35. The van der Waals surface area contributed by atoms with Crippen LogP contribution in [0.4, 0.5) is 18.9 Å². The average molecular weight is 467 g/mol. The fraction of sp³-hybridized carbons (Fsp3) is 0.583. The van der Waals surface area contributed by atoms with Crippen LogP contribution in [0.25, 0.3) is 0 Å². The Kier molecular flexibility index (Phi) is 7.54. The molecule has 176 valence electrons. The van der Waals surface area contributed by atoms with Gasteiger partial charge in [-0.15, -0.1) is 0 Å². The fourth-order valence-corrected chi connectivity index (χ4v) is 5.78. The Bertz CT molecular complexity index is 844. The van der Waals surface area contributed by atoms with Crippen LogP contribution < -0.4 is 4.90 Å². The number of hydrogen-bond acceptors (Lipinski definition) is 5. The first kappa shape index (κ1) is 23.7. The van der Waals surface area contributed by atoms with E-state index in [9.17, 15) is 13.2 Å². The van der Waals surface area contributed by atoms with Crippen LogP contribution in [0.3, 0.4) is 0 Å². The van der Waals surface area contributed by atoms with Gasteiger partial charge in [0.1, 0.15) is 0 Å². The lowest BCUT2D eigenvalue weighted by Gasteiger charge is -2.41. The van der Waals surface area contributed by atoms with Crippen molar-refractivity contribution in [1.29, 1.82) is 0 Å². The maximum absolute atomic E-state index is 13.4. The summed E-state index contributed by atoms with van der Waals surface area (Å²) in [5.74, 6) is 0. The van der Waals surface area contributed by atoms with Gasteiger partial charge < -0.3 is 14.7 Å². The van der Waals surface area contributed by atoms with E-state index in [1.54, 1.807) is 17.8 Å². The van der Waals surface area contributed by atoms with Gasteiger partial charge in [0.15, 0.2) is 0 Å². The van der Waals surface area contributed by atoms with E-state index in [0.717, 1.165) is 75.8 Å². The highest BCUT2D eigenvalue weighted by atomic mass is 32.2. The zero-order valence-corrected chi connectivity index (χ0v) is 19.8. The van der Waals surface area contributed by atoms with Crippen molar-refractivity contribution in [2.24, 2.45) is 0 Å². The Balaban J connectivity index is 1.38. The Morgan fingerprint density at radius 3 is 2.44 bits per heavy atom. The van der Waals surface area contributed by atoms with Crippen LogP contribution in [0, 0.1) is 0 Å². The van der Waals surface area contributed by atoms with Crippen molar-refractivity contribution in [2.45, 2.75) is 30.0 Å². The molecule has 0 radical (unpaired) electrons. The normalized spacial score (nSPS) is 22.1. The van der Waals surface area contributed by atoms with Crippen LogP contribution in [0.1, 0.15) is 18.4 Å². The molecule has 1 unspecified atom stereocenters. The van der Waals surface area contributed by atoms with Gasteiger partial charge in [-0.25, -0.2) is 0 Å². The van der Waals surface area contributed by atoms with Crippen molar-refractivity contribution in [1.82, 2.24) is 14.7 Å². The number of halogens is 3. The summed E-state index contributed by atoms with van der Waals surface area (Å²) in [6, 6.07) is 4.34. The predicted molar refractivity (Wildman–Crippen MR) is 126 cm³/mol. The van der Waals surface area contributed by atoms with E-state index in [1.807, 2.05) is 0 Å². The zero-order chi connectivity index (χ0) is 22.7. The molecule has 0 amide bonds. The van der Waals surface area contributed by atoms with Crippen molar-refractivity contribution < 1.29 is 13.2 Å². The van der Waals surface area contributed by atoms with E-state index in [2.05, 4.69) is 51.9 Å². The van der Waals surface area contributed by atoms with E-state index < -0.39 is 11.7 Å². The van der Waals surface area contributed by atoms with Crippen molar-refractivity contribution in [3.63, 3.8) is 0 Å². The fourth-order valence-electron chi connectivity index (χ4n) is 4.60. The zero-order valence-electron chi connectivity index (χ0n) is 18.9. The number of thioether (sulfide) groups is 1. The minimum absolute atomic E-state index is 0.142. The van der Waals surface area contributed by atoms with Gasteiger partial charge in [0, 0.05) is 55.6 Å². The summed E-state index contributed by atoms with van der Waals surface area (Å²) in [7, 11) is 4.21. The smallest absolute Gasteiger partial charge is 0.363 e. The van der Waals surface area contributed by atoms with Crippen LogP contribution in [0.2, 0.25) is 0 Å². The molecule has 0 aromatic heterocycles. The van der Waals surface area contributed by atoms with Crippen LogP contribution >= 0.6 is 11.8 Å².